The van der Waals surface area contributed by atoms with Gasteiger partial charge in [-0.05, 0) is 42.7 Å². The maximum Gasteiger partial charge on any atom is 0.161 e. The second-order valence-corrected chi connectivity index (χ2v) is 7.05. The number of hydrogen-bond donors (Lipinski definition) is 2. The van der Waals surface area contributed by atoms with Crippen molar-refractivity contribution >= 4 is 0 Å². The van der Waals surface area contributed by atoms with Crippen molar-refractivity contribution in [2.24, 2.45) is 0 Å². The van der Waals surface area contributed by atoms with Gasteiger partial charge in [-0.2, -0.15) is 0 Å². The van der Waals surface area contributed by atoms with Crippen LogP contribution in [-0.2, 0) is 13.2 Å². The molecule has 1 unspecified atom stereocenters. The lowest BCUT2D eigenvalue weighted by Gasteiger charge is -2.15. The molecule has 0 radical (unpaired) electrons. The number of hydrogen-bond acceptors (Lipinski definition) is 4. The van der Waals surface area contributed by atoms with Gasteiger partial charge in [-0.1, -0.05) is 66.2 Å². The van der Waals surface area contributed by atoms with Crippen LogP contribution < -0.4 is 14.8 Å². The summed E-state index contributed by atoms with van der Waals surface area (Å²) in [6.07, 6.45) is -0.528. The predicted octanol–water partition coefficient (Wildman–Crippen LogP) is 4.80. The second kappa shape index (κ2) is 10.6. The minimum atomic E-state index is -0.528. The second-order valence-electron chi connectivity index (χ2n) is 7.05. The summed E-state index contributed by atoms with van der Waals surface area (Å²) in [7, 11) is 0. The van der Waals surface area contributed by atoms with Gasteiger partial charge in [-0.25, -0.2) is 0 Å². The molecule has 0 aliphatic heterocycles. The minimum absolute atomic E-state index is 0.486. The molecule has 0 amide bonds. The van der Waals surface area contributed by atoms with E-state index in [9.17, 15) is 5.11 Å². The third-order valence-corrected chi connectivity index (χ3v) is 4.64. The molecule has 3 aromatic carbocycles. The molecule has 0 spiro atoms. The average Bonchev–Trinajstić information content (AvgIpc) is 2.74. The van der Waals surface area contributed by atoms with E-state index in [1.54, 1.807) is 0 Å². The highest BCUT2D eigenvalue weighted by atomic mass is 16.5. The van der Waals surface area contributed by atoms with Crippen molar-refractivity contribution in [3.63, 3.8) is 0 Å². The highest BCUT2D eigenvalue weighted by Crippen LogP contribution is 2.29. The molecule has 4 heteroatoms. The first-order valence-electron chi connectivity index (χ1n) is 10.0. The fourth-order valence-electron chi connectivity index (χ4n) is 3.16. The van der Waals surface area contributed by atoms with Gasteiger partial charge in [0.05, 0.1) is 12.7 Å². The molecule has 4 nitrogen and oxygen atoms in total. The summed E-state index contributed by atoms with van der Waals surface area (Å²) in [5.41, 5.74) is 4.34. The van der Waals surface area contributed by atoms with E-state index >= 15 is 0 Å². The van der Waals surface area contributed by atoms with Crippen LogP contribution in [0.15, 0.2) is 72.8 Å². The lowest BCUT2D eigenvalue weighted by atomic mass is 10.1. The Morgan fingerprint density at radius 3 is 2.45 bits per heavy atom. The molecule has 0 aliphatic rings. The standard InChI is InChI=1S/C25H29NO3/c1-3-28-25-15-20(16-26-17-23(27)22-10-5-4-6-11-22)12-13-24(25)29-18-21-9-7-8-19(2)14-21/h4-15,23,26-27H,3,16-18H2,1-2H3. The maximum absolute atomic E-state index is 10.3. The van der Waals surface area contributed by atoms with Crippen LogP contribution in [-0.4, -0.2) is 18.3 Å². The average molecular weight is 392 g/mol. The van der Waals surface area contributed by atoms with Crippen molar-refractivity contribution in [3.8, 4) is 11.5 Å². The largest absolute Gasteiger partial charge is 0.490 e. The molecule has 0 heterocycles. The van der Waals surface area contributed by atoms with Gasteiger partial charge >= 0.3 is 0 Å². The summed E-state index contributed by atoms with van der Waals surface area (Å²) in [6.45, 7) is 6.24. The molecule has 0 saturated carbocycles. The van der Waals surface area contributed by atoms with E-state index in [1.165, 1.54) is 5.56 Å². The van der Waals surface area contributed by atoms with E-state index in [2.05, 4.69) is 30.4 Å². The van der Waals surface area contributed by atoms with Gasteiger partial charge in [0.1, 0.15) is 6.61 Å². The molecule has 0 aromatic heterocycles. The zero-order valence-corrected chi connectivity index (χ0v) is 17.1. The van der Waals surface area contributed by atoms with Crippen molar-refractivity contribution in [1.82, 2.24) is 5.32 Å². The van der Waals surface area contributed by atoms with Crippen molar-refractivity contribution in [1.29, 1.82) is 0 Å². The van der Waals surface area contributed by atoms with E-state index in [-0.39, 0.29) is 0 Å². The van der Waals surface area contributed by atoms with Crippen LogP contribution >= 0.6 is 0 Å². The van der Waals surface area contributed by atoms with Crippen molar-refractivity contribution in [2.45, 2.75) is 33.1 Å². The lowest BCUT2D eigenvalue weighted by molar-refractivity contribution is 0.174. The van der Waals surface area contributed by atoms with Gasteiger partial charge in [-0.15, -0.1) is 0 Å². The Hall–Kier alpha value is -2.82. The maximum atomic E-state index is 10.3. The van der Waals surface area contributed by atoms with Gasteiger partial charge in [0.15, 0.2) is 11.5 Å². The summed E-state index contributed by atoms with van der Waals surface area (Å²) in [5, 5.41) is 13.6. The fraction of sp³-hybridized carbons (Fsp3) is 0.280. The van der Waals surface area contributed by atoms with Crippen LogP contribution in [0, 0.1) is 6.92 Å². The third kappa shape index (κ3) is 6.34. The van der Waals surface area contributed by atoms with Crippen LogP contribution in [0.25, 0.3) is 0 Å². The van der Waals surface area contributed by atoms with Gasteiger partial charge < -0.3 is 19.9 Å². The summed E-state index contributed by atoms with van der Waals surface area (Å²) < 4.78 is 11.8. The number of rotatable bonds is 10. The normalized spacial score (nSPS) is 11.8. The summed E-state index contributed by atoms with van der Waals surface area (Å²) in [5.74, 6) is 1.48. The van der Waals surface area contributed by atoms with Gasteiger partial charge in [0, 0.05) is 13.1 Å². The first-order chi connectivity index (χ1) is 14.2. The number of aliphatic hydroxyl groups is 1. The Morgan fingerprint density at radius 1 is 0.862 bits per heavy atom. The quantitative estimate of drug-likeness (QED) is 0.521. The van der Waals surface area contributed by atoms with Crippen molar-refractivity contribution in [3.05, 3.63) is 95.1 Å². The van der Waals surface area contributed by atoms with E-state index in [1.807, 2.05) is 61.5 Å². The highest BCUT2D eigenvalue weighted by Gasteiger charge is 2.09. The van der Waals surface area contributed by atoms with Crippen LogP contribution in [0.5, 0.6) is 11.5 Å². The summed E-state index contributed by atoms with van der Waals surface area (Å²) in [6, 6.07) is 23.9. The highest BCUT2D eigenvalue weighted by molar-refractivity contribution is 5.43. The molecule has 3 rings (SSSR count). The minimum Gasteiger partial charge on any atom is -0.490 e. The number of aryl methyl sites for hydroxylation is 1. The van der Waals surface area contributed by atoms with E-state index in [4.69, 9.17) is 9.47 Å². The molecular weight excluding hydrogens is 362 g/mol. The molecule has 0 bridgehead atoms. The molecule has 2 N–H and O–H groups in total. The first kappa shape index (κ1) is 20.9. The molecular formula is C25H29NO3. The molecule has 3 aromatic rings. The zero-order valence-electron chi connectivity index (χ0n) is 17.1. The van der Waals surface area contributed by atoms with Crippen LogP contribution in [0.2, 0.25) is 0 Å². The van der Waals surface area contributed by atoms with Gasteiger partial charge in [0.2, 0.25) is 0 Å². The number of nitrogens with one attached hydrogen (secondary N) is 1. The Balaban J connectivity index is 1.58. The summed E-state index contributed by atoms with van der Waals surface area (Å²) in [4.78, 5) is 0. The summed E-state index contributed by atoms with van der Waals surface area (Å²) >= 11 is 0. The van der Waals surface area contributed by atoms with Crippen molar-refractivity contribution in [2.75, 3.05) is 13.2 Å². The lowest BCUT2D eigenvalue weighted by Crippen LogP contribution is -2.21. The smallest absolute Gasteiger partial charge is 0.161 e. The topological polar surface area (TPSA) is 50.7 Å². The third-order valence-electron chi connectivity index (χ3n) is 4.64. The molecule has 1 atom stereocenters. The van der Waals surface area contributed by atoms with Crippen LogP contribution in [0.1, 0.15) is 35.3 Å². The van der Waals surface area contributed by atoms with Gasteiger partial charge in [0.25, 0.3) is 0 Å². The number of ether oxygens (including phenoxy) is 2. The first-order valence-corrected chi connectivity index (χ1v) is 10.0. The van der Waals surface area contributed by atoms with E-state index < -0.39 is 6.10 Å². The Morgan fingerprint density at radius 2 is 1.69 bits per heavy atom. The molecule has 29 heavy (non-hydrogen) atoms. The van der Waals surface area contributed by atoms with E-state index in [0.717, 1.165) is 28.2 Å². The Bertz CT molecular complexity index is 896. The number of benzene rings is 3. The Kier molecular flexibility index (Phi) is 7.68. The van der Waals surface area contributed by atoms with Crippen LogP contribution in [0.4, 0.5) is 0 Å². The molecule has 0 saturated heterocycles. The Labute approximate surface area is 173 Å². The van der Waals surface area contributed by atoms with Crippen molar-refractivity contribution < 1.29 is 14.6 Å². The monoisotopic (exact) mass is 391 g/mol. The van der Waals surface area contributed by atoms with E-state index in [0.29, 0.717) is 26.3 Å². The molecule has 0 aliphatic carbocycles. The fourth-order valence-corrected chi connectivity index (χ4v) is 3.16. The number of aliphatic hydroxyl groups excluding tert-OH is 1. The molecule has 152 valence electrons. The predicted molar refractivity (Wildman–Crippen MR) is 116 cm³/mol. The SMILES string of the molecule is CCOc1cc(CNCC(O)c2ccccc2)ccc1OCc1cccc(C)c1. The van der Waals surface area contributed by atoms with Gasteiger partial charge in [-0.3, -0.25) is 0 Å². The molecule has 0 fully saturated rings. The van der Waals surface area contributed by atoms with Crippen LogP contribution in [0.3, 0.4) is 0 Å². The zero-order chi connectivity index (χ0) is 20.5.